The molecule has 1 N–H and O–H groups in total. The van der Waals surface area contributed by atoms with Crippen molar-refractivity contribution in [1.29, 1.82) is 0 Å². The molecule has 1 aromatic heterocycles. The van der Waals surface area contributed by atoms with Gasteiger partial charge in [0.2, 0.25) is 5.01 Å². The summed E-state index contributed by atoms with van der Waals surface area (Å²) in [5, 5.41) is 10.1. The Hall–Kier alpha value is -2.02. The average molecular weight is 271 g/mol. The van der Waals surface area contributed by atoms with Crippen molar-refractivity contribution >= 4 is 17.3 Å². The second kappa shape index (κ2) is 5.09. The molecule has 0 saturated carbocycles. The van der Waals surface area contributed by atoms with Gasteiger partial charge in [-0.1, -0.05) is 0 Å². The number of carboxylic acid groups (broad SMARTS) is 1. The summed E-state index contributed by atoms with van der Waals surface area (Å²) >= 11 is 0.942. The summed E-state index contributed by atoms with van der Waals surface area (Å²) in [5.41, 5.74) is 0.348. The van der Waals surface area contributed by atoms with Crippen molar-refractivity contribution in [2.75, 3.05) is 0 Å². The van der Waals surface area contributed by atoms with E-state index in [0.717, 1.165) is 29.5 Å². The molecule has 0 atom stereocenters. The number of thiazole rings is 1. The number of rotatable bonds is 4. The van der Waals surface area contributed by atoms with Crippen LogP contribution in [0.3, 0.4) is 0 Å². The largest absolute Gasteiger partial charge is 0.484 e. The van der Waals surface area contributed by atoms with Crippen LogP contribution in [0.5, 0.6) is 5.75 Å². The number of ether oxygens (including phenoxy) is 1. The molecule has 0 aliphatic carbocycles. The normalized spacial score (nSPS) is 10.3. The van der Waals surface area contributed by atoms with E-state index in [1.165, 1.54) is 5.38 Å². The van der Waals surface area contributed by atoms with Gasteiger partial charge in [-0.25, -0.2) is 18.6 Å². The number of hydrogen-bond acceptors (Lipinski definition) is 4. The van der Waals surface area contributed by atoms with Gasteiger partial charge in [-0.05, 0) is 12.1 Å². The third kappa shape index (κ3) is 2.80. The van der Waals surface area contributed by atoms with E-state index >= 15 is 0 Å². The molecule has 0 unspecified atom stereocenters. The first kappa shape index (κ1) is 12.4. The van der Waals surface area contributed by atoms with Crippen LogP contribution in [0, 0.1) is 11.6 Å². The molecule has 0 saturated heterocycles. The van der Waals surface area contributed by atoms with E-state index in [9.17, 15) is 13.6 Å². The van der Waals surface area contributed by atoms with Crippen molar-refractivity contribution in [2.24, 2.45) is 0 Å². The number of nitrogens with zero attached hydrogens (tertiary/aromatic N) is 1. The molecule has 0 aliphatic rings. The summed E-state index contributed by atoms with van der Waals surface area (Å²) in [6.07, 6.45) is 0. The van der Waals surface area contributed by atoms with Crippen LogP contribution >= 0.6 is 11.3 Å². The minimum Gasteiger partial charge on any atom is -0.484 e. The van der Waals surface area contributed by atoms with Crippen LogP contribution in [0.2, 0.25) is 0 Å². The van der Waals surface area contributed by atoms with E-state index < -0.39 is 17.6 Å². The first-order chi connectivity index (χ1) is 8.56. The Kier molecular flexibility index (Phi) is 3.52. The summed E-state index contributed by atoms with van der Waals surface area (Å²) in [4.78, 5) is 14.3. The zero-order chi connectivity index (χ0) is 13.1. The van der Waals surface area contributed by atoms with Crippen LogP contribution in [0.4, 0.5) is 8.78 Å². The van der Waals surface area contributed by atoms with E-state index in [1.54, 1.807) is 0 Å². The van der Waals surface area contributed by atoms with Gasteiger partial charge in [-0.3, -0.25) is 0 Å². The van der Waals surface area contributed by atoms with Gasteiger partial charge in [0.25, 0.3) is 0 Å². The summed E-state index contributed by atoms with van der Waals surface area (Å²) in [6, 6.07) is 2.85. The first-order valence-corrected chi connectivity index (χ1v) is 5.70. The summed E-state index contributed by atoms with van der Waals surface area (Å²) in [6.45, 7) is -0.121. The number of hydrogen-bond donors (Lipinski definition) is 1. The van der Waals surface area contributed by atoms with Crippen LogP contribution in [-0.4, -0.2) is 16.1 Å². The lowest BCUT2D eigenvalue weighted by Crippen LogP contribution is -2.00. The van der Waals surface area contributed by atoms with Gasteiger partial charge >= 0.3 is 5.97 Å². The maximum Gasteiger partial charge on any atom is 0.365 e. The van der Waals surface area contributed by atoms with E-state index in [-0.39, 0.29) is 17.4 Å². The molecule has 1 heterocycles. The van der Waals surface area contributed by atoms with Gasteiger partial charge < -0.3 is 9.84 Å². The van der Waals surface area contributed by atoms with Crippen LogP contribution in [-0.2, 0) is 6.61 Å². The summed E-state index contributed by atoms with van der Waals surface area (Å²) in [7, 11) is 0. The minimum atomic E-state index is -1.14. The second-order valence-electron chi connectivity index (χ2n) is 3.31. The zero-order valence-corrected chi connectivity index (χ0v) is 9.71. The van der Waals surface area contributed by atoms with E-state index in [0.29, 0.717) is 5.69 Å². The number of carboxylic acids is 1. The molecule has 2 rings (SSSR count). The lowest BCUT2D eigenvalue weighted by molar-refractivity contribution is 0.0696. The molecule has 7 heteroatoms. The number of halogens is 2. The van der Waals surface area contributed by atoms with Gasteiger partial charge in [-0.2, -0.15) is 0 Å². The number of aromatic nitrogens is 1. The van der Waals surface area contributed by atoms with Crippen molar-refractivity contribution in [3.8, 4) is 5.75 Å². The number of carbonyl (C=O) groups is 1. The molecular weight excluding hydrogens is 264 g/mol. The van der Waals surface area contributed by atoms with Gasteiger partial charge in [0.15, 0.2) is 11.6 Å². The fourth-order valence-electron chi connectivity index (χ4n) is 1.21. The predicted octanol–water partition coefficient (Wildman–Crippen LogP) is 2.70. The predicted molar refractivity (Wildman–Crippen MR) is 59.8 cm³/mol. The molecular formula is C11H7F2NO3S. The third-order valence-corrected chi connectivity index (χ3v) is 2.88. The standard InChI is InChI=1S/C11H7F2NO3S/c12-6-1-2-8(13)9(3-6)17-4-7-5-18-10(14-7)11(15)16/h1-3,5H,4H2,(H,15,16). The monoisotopic (exact) mass is 271 g/mol. The number of benzene rings is 1. The zero-order valence-electron chi connectivity index (χ0n) is 8.89. The lowest BCUT2D eigenvalue weighted by Gasteiger charge is -2.05. The van der Waals surface area contributed by atoms with Crippen LogP contribution in [0.15, 0.2) is 23.6 Å². The summed E-state index contributed by atoms with van der Waals surface area (Å²) in [5.74, 6) is -2.68. The Morgan fingerprint density at radius 1 is 1.44 bits per heavy atom. The van der Waals surface area contributed by atoms with E-state index in [1.807, 2.05) is 0 Å². The molecule has 0 aliphatic heterocycles. The lowest BCUT2D eigenvalue weighted by atomic mass is 10.3. The quantitative estimate of drug-likeness (QED) is 0.928. The Labute approximate surface area is 104 Å². The van der Waals surface area contributed by atoms with Crippen molar-refractivity contribution < 1.29 is 23.4 Å². The molecule has 0 bridgehead atoms. The highest BCUT2D eigenvalue weighted by Gasteiger charge is 2.10. The van der Waals surface area contributed by atoms with Gasteiger partial charge in [-0.15, -0.1) is 11.3 Å². The molecule has 18 heavy (non-hydrogen) atoms. The highest BCUT2D eigenvalue weighted by atomic mass is 32.1. The molecule has 0 fully saturated rings. The molecule has 1 aromatic carbocycles. The molecule has 0 amide bonds. The van der Waals surface area contributed by atoms with Gasteiger partial charge in [0.1, 0.15) is 12.4 Å². The molecule has 4 nitrogen and oxygen atoms in total. The van der Waals surface area contributed by atoms with Crippen LogP contribution in [0.1, 0.15) is 15.5 Å². The van der Waals surface area contributed by atoms with Crippen LogP contribution < -0.4 is 4.74 Å². The maximum atomic E-state index is 13.2. The smallest absolute Gasteiger partial charge is 0.365 e. The average Bonchev–Trinajstić information content (AvgIpc) is 2.79. The van der Waals surface area contributed by atoms with E-state index in [4.69, 9.17) is 9.84 Å². The first-order valence-electron chi connectivity index (χ1n) is 4.82. The molecule has 2 aromatic rings. The van der Waals surface area contributed by atoms with Gasteiger partial charge in [0.05, 0.1) is 5.69 Å². The topological polar surface area (TPSA) is 59.4 Å². The Bertz CT molecular complexity index is 585. The molecule has 94 valence electrons. The minimum absolute atomic E-state index is 0.0756. The van der Waals surface area contributed by atoms with E-state index in [2.05, 4.69) is 4.98 Å². The Morgan fingerprint density at radius 3 is 2.89 bits per heavy atom. The fourth-order valence-corrected chi connectivity index (χ4v) is 1.85. The van der Waals surface area contributed by atoms with Crippen LogP contribution in [0.25, 0.3) is 0 Å². The van der Waals surface area contributed by atoms with Crippen molar-refractivity contribution in [1.82, 2.24) is 4.98 Å². The highest BCUT2D eigenvalue weighted by Crippen LogP contribution is 2.20. The van der Waals surface area contributed by atoms with Crippen molar-refractivity contribution in [2.45, 2.75) is 6.61 Å². The SMILES string of the molecule is O=C(O)c1nc(COc2cc(F)ccc2F)cs1. The molecule has 0 radical (unpaired) electrons. The maximum absolute atomic E-state index is 13.2. The van der Waals surface area contributed by atoms with Gasteiger partial charge in [0, 0.05) is 11.4 Å². The number of aromatic carboxylic acids is 1. The fraction of sp³-hybridized carbons (Fsp3) is 0.0909. The Morgan fingerprint density at radius 2 is 2.22 bits per heavy atom. The second-order valence-corrected chi connectivity index (χ2v) is 4.17. The Balaban J connectivity index is 2.06. The highest BCUT2D eigenvalue weighted by molar-refractivity contribution is 7.11. The van der Waals surface area contributed by atoms with Crippen molar-refractivity contribution in [3.63, 3.8) is 0 Å². The molecule has 0 spiro atoms. The summed E-state index contributed by atoms with van der Waals surface area (Å²) < 4.78 is 31.1. The third-order valence-electron chi connectivity index (χ3n) is 2.00. The van der Waals surface area contributed by atoms with Crippen molar-refractivity contribution in [3.05, 3.63) is 45.9 Å².